The normalized spacial score (nSPS) is 25.2. The van der Waals surface area contributed by atoms with Crippen LogP contribution in [0.4, 0.5) is 0 Å². The lowest BCUT2D eigenvalue weighted by molar-refractivity contribution is -0.197. The number of hydrogen-bond acceptors (Lipinski definition) is 20. The molecule has 1 aromatic carbocycles. The van der Waals surface area contributed by atoms with Gasteiger partial charge in [0.2, 0.25) is 64.1 Å². The minimum Gasteiger partial charge on any atom is -0.610 e. The second kappa shape index (κ2) is 30.5. The van der Waals surface area contributed by atoms with E-state index in [1.165, 1.54) is 25.8 Å². The number of benzene rings is 1. The van der Waals surface area contributed by atoms with Crippen LogP contribution in [0.15, 0.2) is 17.2 Å². The number of thioether (sulfide) groups is 1. The van der Waals surface area contributed by atoms with Gasteiger partial charge in [-0.1, -0.05) is 27.2 Å². The number of nitrogens with zero attached hydrogens (tertiary/aromatic N) is 2. The molecule has 4 aliphatic rings. The number of amides is 12. The van der Waals surface area contributed by atoms with E-state index in [2.05, 4.69) is 47.5 Å². The van der Waals surface area contributed by atoms with Gasteiger partial charge >= 0.3 is 5.97 Å². The van der Waals surface area contributed by atoms with Gasteiger partial charge < -0.3 is 87.6 Å². The summed E-state index contributed by atoms with van der Waals surface area (Å²) in [5.41, 5.74) is 6.32. The molecular weight excluding hydrogens is 1160 g/mol. The number of imide groups is 1. The minimum absolute atomic E-state index is 0.0476. The Morgan fingerprint density at radius 3 is 2.21 bits per heavy atom. The molecule has 4 aliphatic heterocycles. The van der Waals surface area contributed by atoms with Gasteiger partial charge in [-0.05, 0) is 24.5 Å². The Bertz CT molecular complexity index is 2900. The van der Waals surface area contributed by atoms with Crippen LogP contribution in [0.5, 0.6) is 5.75 Å². The molecule has 0 saturated carbocycles. The fraction of sp³-hybridized carbons (Fsp3) is 0.596. The summed E-state index contributed by atoms with van der Waals surface area (Å²) >= 11 is -1.19. The zero-order valence-corrected chi connectivity index (χ0v) is 48.7. The van der Waals surface area contributed by atoms with Gasteiger partial charge in [0, 0.05) is 96.7 Å². The van der Waals surface area contributed by atoms with E-state index in [0.29, 0.717) is 22.8 Å². The Labute approximate surface area is 493 Å². The molecule has 2 saturated heterocycles. The number of fused-ring (bicyclic) bond motifs is 5. The maximum Gasteiger partial charge on any atom is 0.333 e. The highest BCUT2D eigenvalue weighted by molar-refractivity contribution is 7.98. The van der Waals surface area contributed by atoms with Crippen molar-refractivity contribution in [3.05, 3.63) is 23.3 Å². The largest absolute Gasteiger partial charge is 0.610 e. The molecule has 466 valence electrons. The molecule has 1 aromatic heterocycles. The van der Waals surface area contributed by atoms with E-state index in [4.69, 9.17) is 15.3 Å². The first-order chi connectivity index (χ1) is 40.3. The fourth-order valence-electron chi connectivity index (χ4n) is 9.88. The number of carbonyl (C=O) groups excluding carboxylic acids is 13. The molecule has 1 unspecified atom stereocenters. The molecule has 0 aliphatic carbocycles. The highest BCUT2D eigenvalue weighted by Crippen LogP contribution is 2.37. The number of aromatic nitrogens is 1. The highest BCUT2D eigenvalue weighted by Gasteiger charge is 2.46. The summed E-state index contributed by atoms with van der Waals surface area (Å²) in [6.07, 6.45) is -5.14. The molecule has 85 heavy (non-hydrogen) atoms. The van der Waals surface area contributed by atoms with Crippen LogP contribution in [0.2, 0.25) is 0 Å². The number of aromatic amines is 1. The molecule has 14 N–H and O–H groups in total. The quantitative estimate of drug-likeness (QED) is 0.0376. The molecule has 0 radical (unpaired) electrons. The van der Waals surface area contributed by atoms with Crippen LogP contribution in [0.3, 0.4) is 0 Å². The maximum atomic E-state index is 15.3. The average molecular weight is 1230 g/mol. The predicted octanol–water partition coefficient (Wildman–Crippen LogP) is -5.49. The van der Waals surface area contributed by atoms with Crippen molar-refractivity contribution in [3.8, 4) is 5.75 Å². The highest BCUT2D eigenvalue weighted by atomic mass is 32.2. The van der Waals surface area contributed by atoms with Crippen molar-refractivity contribution in [1.82, 2.24) is 57.5 Å². The van der Waals surface area contributed by atoms with Gasteiger partial charge in [0.1, 0.15) is 41.7 Å². The van der Waals surface area contributed by atoms with E-state index in [9.17, 15) is 77.6 Å². The standard InChI is InChI=1S/C52H72N12O19S2/c1-5-24(2)43-49(78)56-18-38(70)57-32-23-85(81)51-28(27-9-10-35(82-4)29(45(27)62-51)22-84-14-13-54-37(69)7-6-8-42(74)83-64-40(72)11-12-41(64)73)16-30(46(75)55-19-39(71)60-43)58-50(79)44(25(3)34(67)21-65)61-48(77)33-15-26(66)20-63(33)52(80)31(17-36(53)68)59-47(32)76/h9-10,24-26,30-34,43-44,62,65-67H,5-8,11-23H2,1-4H3,(H2,53,68)(H,54,69)(H,55,75)(H,56,78)(H,57,70)(H,58,79)(H,59,76)(H,60,71)(H,61,77)/t24-,25-,26+,30-,31-,32-,33-,34-,43-,44-,85?/m0/s1. The SMILES string of the molecule is CC[C@H](C)[C@@H]1NC(=O)CNC(=O)[C@@H]2Cc3c([nH]c4c(CSCCNC(=O)CCCC(=O)ON5C(=O)CCC5=O)c(OC)ccc34)[S+]([O-])C[C@H](NC(=O)CNC1=O)C(=O)N[C@@H](CC(N)=O)C(=O)N1C[C@H](O)C[C@H]1C(=O)N[C@@H]([C@@H](C)[C@@H](O)CO)C(=O)N2. The van der Waals surface area contributed by atoms with E-state index in [1.807, 2.05) is 0 Å². The number of hydrogen-bond donors (Lipinski definition) is 13. The molecule has 6 rings (SSSR count). The van der Waals surface area contributed by atoms with Crippen LogP contribution >= 0.6 is 11.8 Å². The molecule has 2 aromatic rings. The molecule has 2 bridgehead atoms. The average Bonchev–Trinajstić information content (AvgIpc) is 3.99. The summed E-state index contributed by atoms with van der Waals surface area (Å²) in [5.74, 6) is -14.1. The van der Waals surface area contributed by atoms with Crippen molar-refractivity contribution in [3.63, 3.8) is 0 Å². The third kappa shape index (κ3) is 17.3. The molecule has 12 amide bonds. The minimum atomic E-state index is -2.49. The third-order valence-electron chi connectivity index (χ3n) is 14.8. The number of aliphatic hydroxyl groups excluding tert-OH is 3. The molecule has 0 spiro atoms. The lowest BCUT2D eigenvalue weighted by Gasteiger charge is -2.32. The zero-order valence-electron chi connectivity index (χ0n) is 47.1. The van der Waals surface area contributed by atoms with E-state index in [-0.39, 0.29) is 71.6 Å². The lowest BCUT2D eigenvalue weighted by atomic mass is 9.93. The van der Waals surface area contributed by atoms with Gasteiger partial charge in [-0.15, -0.1) is 5.06 Å². The number of nitrogens with two attached hydrogens (primary N) is 1. The summed E-state index contributed by atoms with van der Waals surface area (Å²) in [6, 6.07) is -7.23. The second-order valence-corrected chi connectivity index (χ2v) is 23.4. The number of primary amides is 1. The first-order valence-corrected chi connectivity index (χ1v) is 29.9. The van der Waals surface area contributed by atoms with E-state index in [0.717, 1.165) is 4.90 Å². The molecule has 2 fully saturated rings. The van der Waals surface area contributed by atoms with Gasteiger partial charge in [-0.25, -0.2) is 4.79 Å². The first kappa shape index (κ1) is 66.5. The van der Waals surface area contributed by atoms with Crippen LogP contribution in [-0.4, -0.2) is 212 Å². The number of nitrogens with one attached hydrogen (secondary N) is 9. The van der Waals surface area contributed by atoms with Crippen LogP contribution in [-0.2, 0) is 90.5 Å². The summed E-state index contributed by atoms with van der Waals surface area (Å²) in [7, 11) is 1.38. The van der Waals surface area contributed by atoms with Crippen molar-refractivity contribution in [2.75, 3.05) is 51.4 Å². The first-order valence-electron chi connectivity index (χ1n) is 27.5. The number of H-pyrrole nitrogens is 1. The van der Waals surface area contributed by atoms with Crippen LogP contribution < -0.4 is 53.0 Å². The molecule has 31 nitrogen and oxygen atoms in total. The van der Waals surface area contributed by atoms with Gasteiger partial charge in [0.05, 0.1) is 51.0 Å². The Hall–Kier alpha value is -7.59. The zero-order chi connectivity index (χ0) is 62.4. The van der Waals surface area contributed by atoms with Gasteiger partial charge in [0.15, 0.2) is 6.04 Å². The number of methoxy groups -OCH3 is 1. The molecular formula is C52H72N12O19S2. The summed E-state index contributed by atoms with van der Waals surface area (Å²) in [5, 5.41) is 52.4. The van der Waals surface area contributed by atoms with Crippen LogP contribution in [0, 0.1) is 11.8 Å². The van der Waals surface area contributed by atoms with Gasteiger partial charge in [-0.3, -0.25) is 57.5 Å². The lowest BCUT2D eigenvalue weighted by Crippen LogP contribution is -2.62. The predicted molar refractivity (Wildman–Crippen MR) is 297 cm³/mol. The molecule has 5 heterocycles. The number of hydroxylamine groups is 2. The van der Waals surface area contributed by atoms with E-state index < -0.39 is 200 Å². The summed E-state index contributed by atoms with van der Waals surface area (Å²) in [6.45, 7) is 1.67. The van der Waals surface area contributed by atoms with Crippen molar-refractivity contribution < 1.29 is 91.8 Å². The monoisotopic (exact) mass is 1230 g/mol. The fourth-order valence-corrected chi connectivity index (χ4v) is 12.1. The maximum absolute atomic E-state index is 15.3. The Morgan fingerprint density at radius 1 is 0.871 bits per heavy atom. The summed E-state index contributed by atoms with van der Waals surface area (Å²) in [4.78, 5) is 184. The van der Waals surface area contributed by atoms with Gasteiger partial charge in [0.25, 0.3) is 11.8 Å². The second-order valence-electron chi connectivity index (χ2n) is 20.9. The Kier molecular flexibility index (Phi) is 23.9. The van der Waals surface area contributed by atoms with Crippen molar-refractivity contribution >= 4 is 111 Å². The van der Waals surface area contributed by atoms with Crippen LogP contribution in [0.25, 0.3) is 10.9 Å². The Morgan fingerprint density at radius 2 is 1.55 bits per heavy atom. The van der Waals surface area contributed by atoms with E-state index >= 15 is 4.55 Å². The van der Waals surface area contributed by atoms with Crippen molar-refractivity contribution in [2.45, 2.75) is 138 Å². The number of carbonyl (C=O) groups is 13. The molecule has 11 atom stereocenters. The van der Waals surface area contributed by atoms with E-state index in [1.54, 1.807) is 26.0 Å². The number of ether oxygens (including phenoxy) is 1. The van der Waals surface area contributed by atoms with Crippen LogP contribution in [0.1, 0.15) is 83.3 Å². The Balaban J connectivity index is 1.42. The number of rotatable bonds is 18. The topological polar surface area (TPSA) is 469 Å². The summed E-state index contributed by atoms with van der Waals surface area (Å²) < 4.78 is 21.0. The number of aliphatic hydroxyl groups is 3. The third-order valence-corrected chi connectivity index (χ3v) is 17.2. The van der Waals surface area contributed by atoms with Crippen molar-refractivity contribution in [2.24, 2.45) is 17.6 Å². The van der Waals surface area contributed by atoms with Gasteiger partial charge in [-0.2, -0.15) is 11.8 Å². The molecule has 33 heteroatoms. The smallest absolute Gasteiger partial charge is 0.333 e. The van der Waals surface area contributed by atoms with Crippen molar-refractivity contribution in [1.29, 1.82) is 0 Å².